The van der Waals surface area contributed by atoms with Crippen LogP contribution in [0.2, 0.25) is 0 Å². The van der Waals surface area contributed by atoms with Crippen molar-refractivity contribution in [1.82, 2.24) is 0 Å². The summed E-state index contributed by atoms with van der Waals surface area (Å²) in [6, 6.07) is 52.1. The minimum Gasteiger partial charge on any atom is -0.490 e. The Kier molecular flexibility index (Phi) is 24.5. The number of aromatic carboxylic acids is 3. The highest BCUT2D eigenvalue weighted by molar-refractivity contribution is 9.10. The van der Waals surface area contributed by atoms with Crippen LogP contribution < -0.4 is 44.4 Å². The number of carboxylic acid groups (broad SMARTS) is 3. The van der Waals surface area contributed by atoms with Crippen LogP contribution in [0.15, 0.2) is 199 Å². The molecule has 0 aromatic heterocycles. The van der Waals surface area contributed by atoms with Crippen molar-refractivity contribution < 1.29 is 76.9 Å². The molecule has 8 aromatic rings. The number of carboxylic acids is 3. The Morgan fingerprint density at radius 2 is 0.735 bits per heavy atom. The standard InChI is InChI=1S/C22H18BrNO5.C22H18FNO5.C19H21NO5/c2*23-17-5-3-4-16(14-17)21(25)24-19-6-1-2-7-20(19)29-13-12-28-18-10-8-15(9-11-18)22(26)27;1-2-5-18(21)20-16-6-3-4-7-17(16)25-13-12-24-15-10-8-14(9-11-15)19(22)23/h2*1-11,14H,12-13H2,(H,24,25)(H,26,27);3-4,6-11H,2,5,12-13H2,1H3,(H,20,21)(H,22,23). The Balaban J connectivity index is 0.000000201. The maximum atomic E-state index is 13.3. The highest BCUT2D eigenvalue weighted by Crippen LogP contribution is 2.27. The van der Waals surface area contributed by atoms with Gasteiger partial charge in [-0.15, -0.1) is 0 Å². The first kappa shape index (κ1) is 62.0. The van der Waals surface area contributed by atoms with E-state index in [0.29, 0.717) is 76.8 Å². The number of amides is 3. The molecule has 0 saturated heterocycles. The number of halogens is 2. The average Bonchev–Trinajstić information content (AvgIpc) is 3.49. The van der Waals surface area contributed by atoms with Gasteiger partial charge < -0.3 is 59.7 Å². The normalized spacial score (nSPS) is 10.2. The fraction of sp³-hybridized carbons (Fsp3) is 0.143. The van der Waals surface area contributed by atoms with Gasteiger partial charge in [-0.3, -0.25) is 14.4 Å². The van der Waals surface area contributed by atoms with Crippen molar-refractivity contribution in [2.24, 2.45) is 0 Å². The predicted octanol–water partition coefficient (Wildman–Crippen LogP) is 12.7. The molecule has 8 rings (SSSR count). The predicted molar refractivity (Wildman–Crippen MR) is 312 cm³/mol. The van der Waals surface area contributed by atoms with Crippen LogP contribution in [0, 0.1) is 5.82 Å². The first-order chi connectivity index (χ1) is 40.1. The van der Waals surface area contributed by atoms with Gasteiger partial charge in [0.15, 0.2) is 0 Å². The summed E-state index contributed by atoms with van der Waals surface area (Å²) in [5, 5.41) is 35.0. The summed E-state index contributed by atoms with van der Waals surface area (Å²) in [6.45, 7) is 3.48. The SMILES string of the molecule is CCCC(=O)Nc1ccccc1OCCOc1ccc(C(=O)O)cc1.O=C(O)c1ccc(OCCOc2ccccc2NC(=O)c2cccc(Br)c2)cc1.O=C(O)c1ccc(OCCOc2ccccc2NC(=O)c2cccc(F)c2)cc1. The van der Waals surface area contributed by atoms with Crippen molar-refractivity contribution in [2.45, 2.75) is 19.8 Å². The van der Waals surface area contributed by atoms with Gasteiger partial charge in [0, 0.05) is 22.0 Å². The summed E-state index contributed by atoms with van der Waals surface area (Å²) in [5.74, 6) is -0.995. The molecule has 0 spiro atoms. The van der Waals surface area contributed by atoms with Gasteiger partial charge in [0.25, 0.3) is 11.8 Å². The highest BCUT2D eigenvalue weighted by atomic mass is 79.9. The maximum Gasteiger partial charge on any atom is 0.335 e. The number of carbonyl (C=O) groups is 6. The molecular weight excluding hydrogens is 1140 g/mol. The van der Waals surface area contributed by atoms with E-state index in [1.54, 1.807) is 103 Å². The van der Waals surface area contributed by atoms with Gasteiger partial charge in [0.2, 0.25) is 5.91 Å². The molecule has 6 N–H and O–H groups in total. The third-order valence-corrected chi connectivity index (χ3v) is 11.7. The third-order valence-electron chi connectivity index (χ3n) is 11.2. The van der Waals surface area contributed by atoms with E-state index in [9.17, 15) is 33.2 Å². The van der Waals surface area contributed by atoms with Crippen molar-refractivity contribution in [1.29, 1.82) is 0 Å². The zero-order chi connectivity index (χ0) is 59.3. The zero-order valence-corrected chi connectivity index (χ0v) is 46.2. The van der Waals surface area contributed by atoms with Crippen LogP contribution in [-0.4, -0.2) is 90.6 Å². The molecule has 0 fully saturated rings. The van der Waals surface area contributed by atoms with Crippen molar-refractivity contribution in [3.8, 4) is 34.5 Å². The number of ether oxygens (including phenoxy) is 6. The molecule has 83 heavy (non-hydrogen) atoms. The van der Waals surface area contributed by atoms with Crippen LogP contribution >= 0.6 is 15.9 Å². The van der Waals surface area contributed by atoms with E-state index in [-0.39, 0.29) is 60.5 Å². The molecule has 8 aromatic carbocycles. The quantitative estimate of drug-likeness (QED) is 0.0291. The Morgan fingerprint density at radius 1 is 0.398 bits per heavy atom. The summed E-state index contributed by atoms with van der Waals surface area (Å²) in [4.78, 5) is 69.0. The second-order valence-corrected chi connectivity index (χ2v) is 18.2. The van der Waals surface area contributed by atoms with E-state index in [1.165, 1.54) is 54.6 Å². The molecule has 20 heteroatoms. The van der Waals surface area contributed by atoms with Crippen molar-refractivity contribution in [2.75, 3.05) is 55.6 Å². The second-order valence-electron chi connectivity index (χ2n) is 17.3. The number of nitrogens with one attached hydrogen (secondary N) is 3. The summed E-state index contributed by atoms with van der Waals surface area (Å²) < 4.78 is 47.8. The lowest BCUT2D eigenvalue weighted by Gasteiger charge is -2.13. The molecule has 428 valence electrons. The topological polar surface area (TPSA) is 255 Å². The largest absolute Gasteiger partial charge is 0.490 e. The van der Waals surface area contributed by atoms with Crippen molar-refractivity contribution >= 4 is 68.6 Å². The molecule has 0 aliphatic carbocycles. The maximum absolute atomic E-state index is 13.3. The third kappa shape index (κ3) is 21.1. The zero-order valence-electron chi connectivity index (χ0n) is 44.6. The Morgan fingerprint density at radius 3 is 1.08 bits per heavy atom. The molecule has 0 heterocycles. The molecular formula is C63H57BrFN3O15. The number of hydrogen-bond acceptors (Lipinski definition) is 12. The van der Waals surface area contributed by atoms with Crippen molar-refractivity contribution in [3.63, 3.8) is 0 Å². The number of rotatable bonds is 25. The van der Waals surface area contributed by atoms with E-state index >= 15 is 0 Å². The number of benzene rings is 8. The Bertz CT molecular complexity index is 3270. The summed E-state index contributed by atoms with van der Waals surface area (Å²) in [6.07, 6.45) is 1.24. The van der Waals surface area contributed by atoms with Crippen LogP contribution in [-0.2, 0) is 4.79 Å². The lowest BCUT2D eigenvalue weighted by molar-refractivity contribution is -0.116. The first-order valence-corrected chi connectivity index (χ1v) is 26.4. The summed E-state index contributed by atoms with van der Waals surface area (Å²) >= 11 is 3.36. The average molecular weight is 1200 g/mol. The summed E-state index contributed by atoms with van der Waals surface area (Å²) in [7, 11) is 0. The first-order valence-electron chi connectivity index (χ1n) is 25.6. The van der Waals surface area contributed by atoms with E-state index in [0.717, 1.165) is 17.0 Å². The minimum atomic E-state index is -1.00. The Labute approximate surface area is 485 Å². The van der Waals surface area contributed by atoms with Crippen LogP contribution in [0.5, 0.6) is 34.5 Å². The van der Waals surface area contributed by atoms with Gasteiger partial charge in [-0.05, 0) is 152 Å². The monoisotopic (exact) mass is 1190 g/mol. The van der Waals surface area contributed by atoms with Gasteiger partial charge in [0.05, 0.1) is 33.8 Å². The summed E-state index contributed by atoms with van der Waals surface area (Å²) in [5.41, 5.74) is 2.96. The van der Waals surface area contributed by atoms with Crippen LogP contribution in [0.3, 0.4) is 0 Å². The molecule has 0 aliphatic heterocycles. The second kappa shape index (κ2) is 32.8. The number of anilines is 3. The van der Waals surface area contributed by atoms with Crippen LogP contribution in [0.1, 0.15) is 71.6 Å². The van der Waals surface area contributed by atoms with Crippen LogP contribution in [0.25, 0.3) is 0 Å². The molecule has 3 amide bonds. The highest BCUT2D eigenvalue weighted by Gasteiger charge is 2.14. The molecule has 18 nitrogen and oxygen atoms in total. The molecule has 0 aliphatic rings. The van der Waals surface area contributed by atoms with E-state index in [2.05, 4.69) is 31.9 Å². The molecule has 0 atom stereocenters. The smallest absolute Gasteiger partial charge is 0.335 e. The minimum absolute atomic E-state index is 0.0479. The van der Waals surface area contributed by atoms with Gasteiger partial charge in [0.1, 0.15) is 80.0 Å². The van der Waals surface area contributed by atoms with E-state index in [4.69, 9.17) is 43.7 Å². The van der Waals surface area contributed by atoms with E-state index in [1.807, 2.05) is 37.3 Å². The van der Waals surface area contributed by atoms with Gasteiger partial charge in [-0.25, -0.2) is 18.8 Å². The number of carbonyl (C=O) groups excluding carboxylic acids is 3. The lowest BCUT2D eigenvalue weighted by atomic mass is 10.2. The molecule has 0 unspecified atom stereocenters. The van der Waals surface area contributed by atoms with Crippen LogP contribution in [0.4, 0.5) is 21.5 Å². The number of hydrogen-bond donors (Lipinski definition) is 6. The molecule has 0 saturated carbocycles. The van der Waals surface area contributed by atoms with Gasteiger partial charge >= 0.3 is 17.9 Å². The Hall–Kier alpha value is -10.2. The van der Waals surface area contributed by atoms with Gasteiger partial charge in [-0.2, -0.15) is 0 Å². The fourth-order valence-electron chi connectivity index (χ4n) is 7.19. The molecule has 0 radical (unpaired) electrons. The van der Waals surface area contributed by atoms with E-state index < -0.39 is 29.6 Å². The fourth-order valence-corrected chi connectivity index (χ4v) is 7.59. The number of para-hydroxylation sites is 6. The van der Waals surface area contributed by atoms with Gasteiger partial charge in [-0.1, -0.05) is 71.4 Å². The molecule has 0 bridgehead atoms. The lowest BCUT2D eigenvalue weighted by Crippen LogP contribution is -2.14. The van der Waals surface area contributed by atoms with Crippen molar-refractivity contribution in [3.05, 3.63) is 232 Å².